The van der Waals surface area contributed by atoms with Crippen LogP contribution >= 0.6 is 0 Å². The number of hydrogen-bond acceptors (Lipinski definition) is 5. The molecule has 21 heavy (non-hydrogen) atoms. The summed E-state index contributed by atoms with van der Waals surface area (Å²) in [7, 11) is 1.43. The molecule has 0 saturated heterocycles. The van der Waals surface area contributed by atoms with E-state index < -0.39 is 12.4 Å². The van der Waals surface area contributed by atoms with Gasteiger partial charge in [-0.2, -0.15) is 0 Å². The van der Waals surface area contributed by atoms with E-state index in [2.05, 4.69) is 14.7 Å². The van der Waals surface area contributed by atoms with E-state index in [0.29, 0.717) is 11.3 Å². The van der Waals surface area contributed by atoms with Crippen molar-refractivity contribution in [1.82, 2.24) is 9.97 Å². The molecule has 0 aliphatic carbocycles. The Morgan fingerprint density at radius 1 is 1.10 bits per heavy atom. The van der Waals surface area contributed by atoms with Crippen LogP contribution in [-0.4, -0.2) is 23.4 Å². The average molecular weight is 299 g/mol. The van der Waals surface area contributed by atoms with Crippen LogP contribution in [0.25, 0.3) is 0 Å². The predicted octanol–water partition coefficient (Wildman–Crippen LogP) is 2.43. The monoisotopic (exact) mass is 299 g/mol. The first-order valence-corrected chi connectivity index (χ1v) is 5.87. The Hall–Kier alpha value is -2.35. The van der Waals surface area contributed by atoms with Gasteiger partial charge in [0.1, 0.15) is 11.4 Å². The van der Waals surface area contributed by atoms with Crippen LogP contribution in [0, 0.1) is 0 Å². The van der Waals surface area contributed by atoms with Crippen LogP contribution in [0.5, 0.6) is 11.6 Å². The lowest BCUT2D eigenvalue weighted by Gasteiger charge is -2.14. The minimum Gasteiger partial charge on any atom is -0.480 e. The minimum atomic E-state index is -4.72. The van der Waals surface area contributed by atoms with Gasteiger partial charge in [0.15, 0.2) is 0 Å². The number of alkyl halides is 3. The molecule has 1 atom stereocenters. The van der Waals surface area contributed by atoms with E-state index in [1.165, 1.54) is 43.8 Å². The molecule has 2 N–H and O–H groups in total. The van der Waals surface area contributed by atoms with E-state index in [9.17, 15) is 13.2 Å². The molecule has 0 amide bonds. The second-order valence-corrected chi connectivity index (χ2v) is 4.05. The molecule has 0 aliphatic heterocycles. The third-order valence-electron chi connectivity index (χ3n) is 2.65. The Bertz CT molecular complexity index is 602. The maximum atomic E-state index is 12.1. The van der Waals surface area contributed by atoms with Crippen molar-refractivity contribution in [3.63, 3.8) is 0 Å². The van der Waals surface area contributed by atoms with E-state index in [0.717, 1.165) is 0 Å². The van der Waals surface area contributed by atoms with Crippen molar-refractivity contribution in [2.24, 2.45) is 5.73 Å². The van der Waals surface area contributed by atoms with Crippen molar-refractivity contribution in [2.75, 3.05) is 7.11 Å². The van der Waals surface area contributed by atoms with Gasteiger partial charge < -0.3 is 15.2 Å². The average Bonchev–Trinajstić information content (AvgIpc) is 2.45. The second-order valence-electron chi connectivity index (χ2n) is 4.05. The highest BCUT2D eigenvalue weighted by molar-refractivity contribution is 5.35. The number of nitrogens with two attached hydrogens (primary N) is 1. The molecule has 2 aromatic rings. The SMILES string of the molecule is COc1nccnc1C(N)c1ccc(OC(F)(F)F)cc1. The lowest BCUT2D eigenvalue weighted by atomic mass is 10.0. The minimum absolute atomic E-state index is 0.264. The highest BCUT2D eigenvalue weighted by Crippen LogP contribution is 2.27. The summed E-state index contributed by atoms with van der Waals surface area (Å²) in [4.78, 5) is 8.06. The molecule has 1 aromatic carbocycles. The molecule has 1 heterocycles. The fourth-order valence-corrected chi connectivity index (χ4v) is 1.74. The van der Waals surface area contributed by atoms with Crippen LogP contribution in [0.4, 0.5) is 13.2 Å². The van der Waals surface area contributed by atoms with E-state index in [1.54, 1.807) is 0 Å². The molecule has 0 fully saturated rings. The summed E-state index contributed by atoms with van der Waals surface area (Å²) in [6, 6.07) is 4.56. The quantitative estimate of drug-likeness (QED) is 0.939. The first kappa shape index (κ1) is 15.0. The highest BCUT2D eigenvalue weighted by atomic mass is 19.4. The molecule has 1 unspecified atom stereocenters. The summed E-state index contributed by atoms with van der Waals surface area (Å²) >= 11 is 0. The maximum Gasteiger partial charge on any atom is 0.573 e. The van der Waals surface area contributed by atoms with Gasteiger partial charge in [0.05, 0.1) is 13.2 Å². The summed E-state index contributed by atoms with van der Waals surface area (Å²) < 4.78 is 45.1. The number of halogens is 3. The van der Waals surface area contributed by atoms with E-state index in [1.807, 2.05) is 0 Å². The molecule has 0 aliphatic rings. The predicted molar refractivity (Wildman–Crippen MR) is 67.7 cm³/mol. The van der Waals surface area contributed by atoms with E-state index >= 15 is 0 Å². The van der Waals surface area contributed by atoms with Crippen molar-refractivity contribution < 1.29 is 22.6 Å². The number of ether oxygens (including phenoxy) is 2. The van der Waals surface area contributed by atoms with Gasteiger partial charge in [0.2, 0.25) is 5.88 Å². The number of benzene rings is 1. The third kappa shape index (κ3) is 3.82. The topological polar surface area (TPSA) is 70.3 Å². The first-order chi connectivity index (χ1) is 9.90. The molecule has 0 saturated carbocycles. The van der Waals surface area contributed by atoms with Crippen LogP contribution < -0.4 is 15.2 Å². The molecule has 2 rings (SSSR count). The van der Waals surface area contributed by atoms with Crippen LogP contribution in [0.1, 0.15) is 17.3 Å². The summed E-state index contributed by atoms with van der Waals surface area (Å²) in [5.74, 6) is -0.0508. The molecule has 112 valence electrons. The summed E-state index contributed by atoms with van der Waals surface area (Å²) in [6.45, 7) is 0. The Morgan fingerprint density at radius 2 is 1.71 bits per heavy atom. The molecule has 5 nitrogen and oxygen atoms in total. The first-order valence-electron chi connectivity index (χ1n) is 5.87. The fraction of sp³-hybridized carbons (Fsp3) is 0.231. The van der Waals surface area contributed by atoms with Gasteiger partial charge in [0.25, 0.3) is 0 Å². The zero-order valence-electron chi connectivity index (χ0n) is 11.0. The van der Waals surface area contributed by atoms with Crippen molar-refractivity contribution in [3.8, 4) is 11.6 Å². The number of hydrogen-bond donors (Lipinski definition) is 1. The van der Waals surface area contributed by atoms with Gasteiger partial charge in [-0.25, -0.2) is 4.98 Å². The molecule has 1 aromatic heterocycles. The normalized spacial score (nSPS) is 12.8. The van der Waals surface area contributed by atoms with Gasteiger partial charge in [-0.1, -0.05) is 12.1 Å². The Labute approximate surface area is 118 Å². The molecule has 0 spiro atoms. The fourth-order valence-electron chi connectivity index (χ4n) is 1.74. The van der Waals surface area contributed by atoms with Crippen LogP contribution in [-0.2, 0) is 0 Å². The molecular formula is C13H12F3N3O2. The van der Waals surface area contributed by atoms with Crippen molar-refractivity contribution in [1.29, 1.82) is 0 Å². The van der Waals surface area contributed by atoms with Gasteiger partial charge in [-0.3, -0.25) is 4.98 Å². The van der Waals surface area contributed by atoms with Gasteiger partial charge in [-0.05, 0) is 17.7 Å². The number of rotatable bonds is 4. The lowest BCUT2D eigenvalue weighted by molar-refractivity contribution is -0.274. The zero-order chi connectivity index (χ0) is 15.5. The van der Waals surface area contributed by atoms with Gasteiger partial charge in [-0.15, -0.1) is 13.2 Å². The third-order valence-corrected chi connectivity index (χ3v) is 2.65. The zero-order valence-corrected chi connectivity index (χ0v) is 11.0. The number of nitrogens with zero attached hydrogens (tertiary/aromatic N) is 2. The van der Waals surface area contributed by atoms with E-state index in [4.69, 9.17) is 10.5 Å². The van der Waals surface area contributed by atoms with Crippen LogP contribution in [0.2, 0.25) is 0 Å². The number of methoxy groups -OCH3 is 1. The van der Waals surface area contributed by atoms with Crippen molar-refractivity contribution >= 4 is 0 Å². The smallest absolute Gasteiger partial charge is 0.480 e. The maximum absolute atomic E-state index is 12.1. The molecular weight excluding hydrogens is 287 g/mol. The summed E-state index contributed by atoms with van der Waals surface area (Å²) in [5, 5.41) is 0. The Balaban J connectivity index is 2.22. The second kappa shape index (κ2) is 5.96. The number of aromatic nitrogens is 2. The van der Waals surface area contributed by atoms with Crippen LogP contribution in [0.15, 0.2) is 36.7 Å². The van der Waals surface area contributed by atoms with Gasteiger partial charge >= 0.3 is 6.36 Å². The highest BCUT2D eigenvalue weighted by Gasteiger charge is 2.31. The Morgan fingerprint density at radius 3 is 2.29 bits per heavy atom. The standard InChI is InChI=1S/C13H12F3N3O2/c1-20-12-11(18-6-7-19-12)10(17)8-2-4-9(5-3-8)21-13(14,15)16/h2-7,10H,17H2,1H3. The summed E-state index contributed by atoms with van der Waals surface area (Å²) in [5.41, 5.74) is 6.98. The Kier molecular flexibility index (Phi) is 4.27. The van der Waals surface area contributed by atoms with Crippen molar-refractivity contribution in [2.45, 2.75) is 12.4 Å². The van der Waals surface area contributed by atoms with Crippen molar-refractivity contribution in [3.05, 3.63) is 47.9 Å². The molecule has 0 bridgehead atoms. The van der Waals surface area contributed by atoms with Crippen LogP contribution in [0.3, 0.4) is 0 Å². The largest absolute Gasteiger partial charge is 0.573 e. The van der Waals surface area contributed by atoms with Gasteiger partial charge in [0, 0.05) is 12.4 Å². The van der Waals surface area contributed by atoms with E-state index in [-0.39, 0.29) is 11.6 Å². The molecule has 8 heteroatoms. The lowest BCUT2D eigenvalue weighted by Crippen LogP contribution is -2.18. The summed E-state index contributed by atoms with van der Waals surface area (Å²) in [6.07, 6.45) is -1.81. The molecule has 0 radical (unpaired) electrons.